The van der Waals surface area contributed by atoms with Crippen molar-refractivity contribution >= 4 is 27.7 Å². The monoisotopic (exact) mass is 325 g/mol. The molecule has 0 aromatic heterocycles. The van der Waals surface area contributed by atoms with E-state index in [1.54, 1.807) is 12.1 Å². The Hall–Kier alpha value is -0.900. The Morgan fingerprint density at radius 1 is 1.40 bits per heavy atom. The number of nitrogens with zero attached hydrogens (tertiary/aromatic N) is 1. The fourth-order valence-electron chi connectivity index (χ4n) is 1.40. The van der Waals surface area contributed by atoms with Crippen LogP contribution < -0.4 is 10.5 Å². The summed E-state index contributed by atoms with van der Waals surface area (Å²) in [7, 11) is -2.37. The first kappa shape index (κ1) is 17.2. The summed E-state index contributed by atoms with van der Waals surface area (Å²) in [4.78, 5) is 0.179. The van der Waals surface area contributed by atoms with Gasteiger partial charge in [0.2, 0.25) is 0 Å². The van der Waals surface area contributed by atoms with Gasteiger partial charge in [-0.15, -0.1) is 0 Å². The zero-order chi connectivity index (χ0) is 15.2. The average Bonchev–Trinajstić information content (AvgIpc) is 2.37. The number of halogens is 2. The summed E-state index contributed by atoms with van der Waals surface area (Å²) in [5.41, 5.74) is 5.46. The summed E-state index contributed by atoms with van der Waals surface area (Å²) in [6.07, 6.45) is 0.519. The molecule has 9 heteroatoms. The number of benzene rings is 1. The number of para-hydroxylation sites is 1. The van der Waals surface area contributed by atoms with Crippen LogP contribution in [0, 0.1) is 0 Å². The third-order valence-electron chi connectivity index (χ3n) is 2.43. The lowest BCUT2D eigenvalue weighted by atomic mass is 10.3. The Morgan fingerprint density at radius 3 is 2.65 bits per heavy atom. The molecular weight excluding hydrogens is 308 g/mol. The molecule has 0 aliphatic heterocycles. The molecule has 1 aromatic rings. The summed E-state index contributed by atoms with van der Waals surface area (Å²) < 4.78 is 52.3. The average molecular weight is 325 g/mol. The van der Waals surface area contributed by atoms with E-state index >= 15 is 0 Å². The van der Waals surface area contributed by atoms with Crippen LogP contribution in [0.3, 0.4) is 0 Å². The molecule has 3 N–H and O–H groups in total. The molecule has 0 saturated heterocycles. The topological polar surface area (TPSA) is 75.4 Å². The van der Waals surface area contributed by atoms with E-state index in [9.17, 15) is 17.2 Å². The van der Waals surface area contributed by atoms with Gasteiger partial charge in [0.1, 0.15) is 0 Å². The van der Waals surface area contributed by atoms with Crippen molar-refractivity contribution < 1.29 is 17.2 Å². The zero-order valence-corrected chi connectivity index (χ0v) is 12.6. The van der Waals surface area contributed by atoms with Gasteiger partial charge in [-0.1, -0.05) is 23.9 Å². The van der Waals surface area contributed by atoms with Crippen LogP contribution in [0.5, 0.6) is 0 Å². The number of rotatable bonds is 8. The first-order valence-corrected chi connectivity index (χ1v) is 8.17. The van der Waals surface area contributed by atoms with Gasteiger partial charge >= 0.3 is 10.2 Å². The lowest BCUT2D eigenvalue weighted by molar-refractivity contribution is 0.252. The van der Waals surface area contributed by atoms with Gasteiger partial charge in [-0.3, -0.25) is 4.72 Å². The number of thioether (sulfide) groups is 1. The SMILES string of the molecule is CN(CCCN)S(=O)(=O)Nc1ccccc1SC(F)F. The van der Waals surface area contributed by atoms with Crippen molar-refractivity contribution in [2.75, 3.05) is 24.9 Å². The highest BCUT2D eigenvalue weighted by molar-refractivity contribution is 7.99. The number of nitrogens with one attached hydrogen (secondary N) is 1. The van der Waals surface area contributed by atoms with E-state index in [1.165, 1.54) is 19.2 Å². The van der Waals surface area contributed by atoms with E-state index in [1.807, 2.05) is 0 Å². The minimum atomic E-state index is -3.77. The summed E-state index contributed by atoms with van der Waals surface area (Å²) >= 11 is 0.297. The van der Waals surface area contributed by atoms with Gasteiger partial charge < -0.3 is 5.73 Å². The van der Waals surface area contributed by atoms with Gasteiger partial charge in [0.15, 0.2) is 0 Å². The summed E-state index contributed by atoms with van der Waals surface area (Å²) in [6, 6.07) is 6.03. The van der Waals surface area contributed by atoms with Crippen molar-refractivity contribution in [2.24, 2.45) is 5.73 Å². The highest BCUT2D eigenvalue weighted by Gasteiger charge is 2.19. The molecule has 0 unspecified atom stereocenters. The molecule has 0 saturated carbocycles. The van der Waals surface area contributed by atoms with Crippen molar-refractivity contribution in [1.82, 2.24) is 4.31 Å². The normalized spacial score (nSPS) is 12.1. The Labute approximate surface area is 121 Å². The predicted octanol–water partition coefficient (Wildman–Crippen LogP) is 1.94. The van der Waals surface area contributed by atoms with Crippen molar-refractivity contribution in [3.8, 4) is 0 Å². The number of hydrogen-bond acceptors (Lipinski definition) is 4. The maximum atomic E-state index is 12.4. The van der Waals surface area contributed by atoms with Crippen LogP contribution in [0.1, 0.15) is 6.42 Å². The van der Waals surface area contributed by atoms with Gasteiger partial charge in [-0.25, -0.2) is 0 Å². The van der Waals surface area contributed by atoms with Gasteiger partial charge in [-0.2, -0.15) is 21.5 Å². The number of anilines is 1. The molecular formula is C11H17F2N3O2S2. The Bertz CT molecular complexity index is 526. The second kappa shape index (κ2) is 7.77. The molecule has 0 fully saturated rings. The van der Waals surface area contributed by atoms with Crippen molar-refractivity contribution in [3.63, 3.8) is 0 Å². The highest BCUT2D eigenvalue weighted by Crippen LogP contribution is 2.32. The minimum Gasteiger partial charge on any atom is -0.330 e. The third-order valence-corrected chi connectivity index (χ3v) is 4.70. The molecule has 0 spiro atoms. The van der Waals surface area contributed by atoms with Crippen LogP contribution >= 0.6 is 11.8 Å². The first-order valence-electron chi connectivity index (χ1n) is 5.85. The van der Waals surface area contributed by atoms with E-state index in [0.29, 0.717) is 24.7 Å². The molecule has 0 bridgehead atoms. The summed E-state index contributed by atoms with van der Waals surface area (Å²) in [6.45, 7) is 0.633. The second-order valence-electron chi connectivity index (χ2n) is 3.95. The van der Waals surface area contributed by atoms with Crippen molar-refractivity contribution in [2.45, 2.75) is 17.1 Å². The largest absolute Gasteiger partial charge is 0.330 e. The molecule has 0 aliphatic carbocycles. The predicted molar refractivity (Wildman–Crippen MR) is 77.1 cm³/mol. The van der Waals surface area contributed by atoms with Crippen molar-refractivity contribution in [3.05, 3.63) is 24.3 Å². The Morgan fingerprint density at radius 2 is 2.05 bits per heavy atom. The second-order valence-corrected chi connectivity index (χ2v) is 6.76. The quantitative estimate of drug-likeness (QED) is 0.716. The first-order chi connectivity index (χ1) is 9.36. The molecule has 5 nitrogen and oxygen atoms in total. The van der Waals surface area contributed by atoms with E-state index in [4.69, 9.17) is 5.73 Å². The molecule has 0 atom stereocenters. The Kier molecular flexibility index (Phi) is 6.66. The molecule has 114 valence electrons. The maximum absolute atomic E-state index is 12.4. The minimum absolute atomic E-state index is 0.136. The van der Waals surface area contributed by atoms with Crippen LogP contribution in [-0.4, -0.2) is 38.6 Å². The Balaban J connectivity index is 2.86. The summed E-state index contributed by atoms with van der Waals surface area (Å²) in [5.74, 6) is -2.62. The molecule has 0 heterocycles. The van der Waals surface area contributed by atoms with Crippen LogP contribution in [0.2, 0.25) is 0 Å². The zero-order valence-electron chi connectivity index (χ0n) is 10.9. The van der Waals surface area contributed by atoms with E-state index in [0.717, 1.165) is 4.31 Å². The number of alkyl halides is 2. The van der Waals surface area contributed by atoms with Gasteiger partial charge in [0.25, 0.3) is 5.76 Å². The van der Waals surface area contributed by atoms with E-state index in [-0.39, 0.29) is 17.1 Å². The van der Waals surface area contributed by atoms with E-state index in [2.05, 4.69) is 4.72 Å². The number of nitrogens with two attached hydrogens (primary N) is 1. The molecule has 1 rings (SSSR count). The summed E-state index contributed by atoms with van der Waals surface area (Å²) in [5, 5.41) is 0. The van der Waals surface area contributed by atoms with Gasteiger partial charge in [0.05, 0.1) is 5.69 Å². The lowest BCUT2D eigenvalue weighted by Gasteiger charge is -2.19. The van der Waals surface area contributed by atoms with Crippen LogP contribution in [0.15, 0.2) is 29.2 Å². The fourth-order valence-corrected chi connectivity index (χ4v) is 3.04. The third kappa shape index (κ3) is 5.23. The lowest BCUT2D eigenvalue weighted by Crippen LogP contribution is -2.34. The highest BCUT2D eigenvalue weighted by atomic mass is 32.2. The fraction of sp³-hybridized carbons (Fsp3) is 0.455. The van der Waals surface area contributed by atoms with Crippen LogP contribution in [0.4, 0.5) is 14.5 Å². The number of hydrogen-bond donors (Lipinski definition) is 2. The van der Waals surface area contributed by atoms with Crippen molar-refractivity contribution in [1.29, 1.82) is 0 Å². The van der Waals surface area contributed by atoms with E-state index < -0.39 is 16.0 Å². The molecule has 20 heavy (non-hydrogen) atoms. The van der Waals surface area contributed by atoms with Crippen LogP contribution in [0.25, 0.3) is 0 Å². The molecule has 0 radical (unpaired) electrons. The van der Waals surface area contributed by atoms with Crippen LogP contribution in [-0.2, 0) is 10.2 Å². The molecule has 1 aromatic carbocycles. The molecule has 0 aliphatic rings. The smallest absolute Gasteiger partial charge is 0.301 e. The van der Waals surface area contributed by atoms with Gasteiger partial charge in [-0.05, 0) is 25.1 Å². The molecule has 0 amide bonds. The maximum Gasteiger partial charge on any atom is 0.301 e. The van der Waals surface area contributed by atoms with Gasteiger partial charge in [0, 0.05) is 18.5 Å². The standard InChI is InChI=1S/C11H17F2N3O2S2/c1-16(8-4-7-14)20(17,18)15-9-5-2-3-6-10(9)19-11(12)13/h2-3,5-6,11,15H,4,7-8,14H2,1H3.